The monoisotopic (exact) mass is 394 g/mol. The Kier molecular flexibility index (Phi) is 6.54. The molecule has 154 valence electrons. The van der Waals surface area contributed by atoms with Crippen molar-refractivity contribution in [3.63, 3.8) is 0 Å². The number of carbonyl (C=O) groups is 1. The molecule has 0 aliphatic rings. The Labute approximate surface area is 172 Å². The zero-order chi connectivity index (χ0) is 21.0. The third-order valence-electron chi connectivity index (χ3n) is 4.99. The number of aromatic nitrogens is 2. The first-order chi connectivity index (χ1) is 13.9. The molecule has 0 aliphatic carbocycles. The Morgan fingerprint density at radius 1 is 1.03 bits per heavy atom. The average molecular weight is 395 g/mol. The molecule has 1 aromatic heterocycles. The third kappa shape index (κ3) is 4.59. The van der Waals surface area contributed by atoms with E-state index in [9.17, 15) is 4.79 Å². The zero-order valence-corrected chi connectivity index (χ0v) is 17.6. The highest BCUT2D eigenvalue weighted by atomic mass is 16.3. The molecule has 0 atom stereocenters. The molecule has 0 bridgehead atoms. The lowest BCUT2D eigenvalue weighted by Gasteiger charge is -2.20. The molecule has 1 amide bonds. The summed E-state index contributed by atoms with van der Waals surface area (Å²) in [6, 6.07) is 13.9. The van der Waals surface area contributed by atoms with E-state index in [1.54, 1.807) is 0 Å². The minimum absolute atomic E-state index is 0.00505. The summed E-state index contributed by atoms with van der Waals surface area (Å²) in [5.41, 5.74) is 4.88. The number of aliphatic hydroxyl groups is 1. The fourth-order valence-electron chi connectivity index (χ4n) is 3.56. The minimum atomic E-state index is -0.102. The summed E-state index contributed by atoms with van der Waals surface area (Å²) in [5, 5.41) is 15.4. The van der Waals surface area contributed by atoms with Gasteiger partial charge in [-0.25, -0.2) is 4.98 Å². The van der Waals surface area contributed by atoms with E-state index < -0.39 is 0 Å². The van der Waals surface area contributed by atoms with Gasteiger partial charge in [-0.2, -0.15) is 0 Å². The van der Waals surface area contributed by atoms with Gasteiger partial charge in [-0.1, -0.05) is 58.0 Å². The van der Waals surface area contributed by atoms with Crippen molar-refractivity contribution < 1.29 is 9.90 Å². The number of para-hydroxylation sites is 3. The Balaban J connectivity index is 1.92. The van der Waals surface area contributed by atoms with Crippen LogP contribution in [0, 0.1) is 0 Å². The number of carbonyl (C=O) groups excluding carboxylic acids is 1. The first-order valence-electron chi connectivity index (χ1n) is 10.1. The number of rotatable bonds is 8. The second-order valence-corrected chi connectivity index (χ2v) is 7.83. The molecule has 0 aliphatic heterocycles. The molecule has 1 heterocycles. The molecule has 0 saturated carbocycles. The number of imidazole rings is 1. The molecule has 0 radical (unpaired) electrons. The summed E-state index contributed by atoms with van der Waals surface area (Å²) in [6.45, 7) is 9.04. The maximum Gasteiger partial charge on any atom is 0.244 e. The Hall–Kier alpha value is -2.86. The Bertz CT molecular complexity index is 965. The Morgan fingerprint density at radius 2 is 1.69 bits per heavy atom. The lowest BCUT2D eigenvalue weighted by Crippen LogP contribution is -2.22. The van der Waals surface area contributed by atoms with Gasteiger partial charge in [0, 0.05) is 12.2 Å². The van der Waals surface area contributed by atoms with Crippen LogP contribution in [0.5, 0.6) is 0 Å². The first kappa shape index (κ1) is 20.9. The van der Waals surface area contributed by atoms with Crippen LogP contribution in [0.1, 0.15) is 50.7 Å². The largest absolute Gasteiger partial charge is 0.395 e. The smallest absolute Gasteiger partial charge is 0.244 e. The van der Waals surface area contributed by atoms with E-state index in [1.165, 1.54) is 0 Å². The van der Waals surface area contributed by atoms with Crippen LogP contribution in [-0.2, 0) is 11.3 Å². The van der Waals surface area contributed by atoms with Gasteiger partial charge in [0.25, 0.3) is 0 Å². The predicted octanol–water partition coefficient (Wildman–Crippen LogP) is 4.33. The zero-order valence-electron chi connectivity index (χ0n) is 17.6. The summed E-state index contributed by atoms with van der Waals surface area (Å²) < 4.78 is 1.85. The van der Waals surface area contributed by atoms with Crippen LogP contribution in [0.25, 0.3) is 11.0 Å². The lowest BCUT2D eigenvalue weighted by atomic mass is 9.92. The number of hydrogen-bond donors (Lipinski definition) is 3. The highest BCUT2D eigenvalue weighted by Crippen LogP contribution is 2.32. The SMILES string of the molecule is CC(C)c1cccc(C(C)C)c1NC(=O)Cn1c(NCCO)nc2ccccc21. The van der Waals surface area contributed by atoms with Crippen molar-refractivity contribution in [2.24, 2.45) is 0 Å². The van der Waals surface area contributed by atoms with Crippen molar-refractivity contribution in [2.45, 2.75) is 46.1 Å². The minimum Gasteiger partial charge on any atom is -0.395 e. The number of anilines is 2. The molecule has 0 unspecified atom stereocenters. The fourth-order valence-corrected chi connectivity index (χ4v) is 3.56. The van der Waals surface area contributed by atoms with Crippen molar-refractivity contribution in [2.75, 3.05) is 23.8 Å². The topological polar surface area (TPSA) is 79.2 Å². The molecular formula is C23H30N4O2. The summed E-state index contributed by atoms with van der Waals surface area (Å²) in [6.07, 6.45) is 0. The van der Waals surface area contributed by atoms with Gasteiger partial charge in [-0.3, -0.25) is 4.79 Å². The van der Waals surface area contributed by atoms with Crippen molar-refractivity contribution in [3.05, 3.63) is 53.6 Å². The number of nitrogens with one attached hydrogen (secondary N) is 2. The third-order valence-corrected chi connectivity index (χ3v) is 4.99. The highest BCUT2D eigenvalue weighted by Gasteiger charge is 2.18. The summed E-state index contributed by atoms with van der Waals surface area (Å²) in [5.74, 6) is 1.09. The van der Waals surface area contributed by atoms with E-state index in [2.05, 4.69) is 61.5 Å². The summed E-state index contributed by atoms with van der Waals surface area (Å²) >= 11 is 0. The molecule has 0 spiro atoms. The molecule has 3 N–H and O–H groups in total. The van der Waals surface area contributed by atoms with Gasteiger partial charge in [-0.05, 0) is 35.1 Å². The van der Waals surface area contributed by atoms with Gasteiger partial charge < -0.3 is 20.3 Å². The molecule has 3 rings (SSSR count). The van der Waals surface area contributed by atoms with Crippen LogP contribution in [0.4, 0.5) is 11.6 Å². The van der Waals surface area contributed by atoms with E-state index in [4.69, 9.17) is 5.11 Å². The van der Waals surface area contributed by atoms with E-state index >= 15 is 0 Å². The van der Waals surface area contributed by atoms with Gasteiger partial charge in [0.15, 0.2) is 0 Å². The van der Waals surface area contributed by atoms with Crippen molar-refractivity contribution >= 4 is 28.6 Å². The van der Waals surface area contributed by atoms with E-state index in [1.807, 2.05) is 28.8 Å². The summed E-state index contributed by atoms with van der Waals surface area (Å²) in [4.78, 5) is 17.6. The van der Waals surface area contributed by atoms with Crippen LogP contribution >= 0.6 is 0 Å². The van der Waals surface area contributed by atoms with Crippen LogP contribution in [-0.4, -0.2) is 33.7 Å². The van der Waals surface area contributed by atoms with Crippen molar-refractivity contribution in [3.8, 4) is 0 Å². The lowest BCUT2D eigenvalue weighted by molar-refractivity contribution is -0.116. The van der Waals surface area contributed by atoms with Gasteiger partial charge in [-0.15, -0.1) is 0 Å². The number of aliphatic hydroxyl groups excluding tert-OH is 1. The maximum absolute atomic E-state index is 13.1. The van der Waals surface area contributed by atoms with Crippen LogP contribution in [0.2, 0.25) is 0 Å². The van der Waals surface area contributed by atoms with Crippen LogP contribution in [0.15, 0.2) is 42.5 Å². The van der Waals surface area contributed by atoms with Gasteiger partial charge in [0.05, 0.1) is 17.6 Å². The standard InChI is InChI=1S/C23H30N4O2/c1-15(2)17-8-7-9-18(16(3)4)22(17)26-21(29)14-27-20-11-6-5-10-19(20)25-23(27)24-12-13-28/h5-11,15-16,28H,12-14H2,1-4H3,(H,24,25)(H,26,29). The number of benzene rings is 2. The molecule has 2 aromatic carbocycles. The number of nitrogens with zero attached hydrogens (tertiary/aromatic N) is 2. The predicted molar refractivity (Wildman–Crippen MR) is 119 cm³/mol. The molecule has 3 aromatic rings. The first-order valence-corrected chi connectivity index (χ1v) is 10.1. The number of hydrogen-bond acceptors (Lipinski definition) is 4. The fraction of sp³-hybridized carbons (Fsp3) is 0.391. The Morgan fingerprint density at radius 3 is 2.31 bits per heavy atom. The molecule has 0 saturated heterocycles. The highest BCUT2D eigenvalue weighted by molar-refractivity contribution is 5.94. The van der Waals surface area contributed by atoms with E-state index in [0.29, 0.717) is 24.3 Å². The van der Waals surface area contributed by atoms with E-state index in [-0.39, 0.29) is 19.1 Å². The molecule has 6 heteroatoms. The molecular weight excluding hydrogens is 364 g/mol. The number of fused-ring (bicyclic) bond motifs is 1. The molecule has 0 fully saturated rings. The molecule has 29 heavy (non-hydrogen) atoms. The number of amides is 1. The van der Waals surface area contributed by atoms with Crippen molar-refractivity contribution in [1.82, 2.24) is 9.55 Å². The maximum atomic E-state index is 13.1. The van der Waals surface area contributed by atoms with E-state index in [0.717, 1.165) is 27.8 Å². The summed E-state index contributed by atoms with van der Waals surface area (Å²) in [7, 11) is 0. The normalized spacial score (nSPS) is 11.4. The van der Waals surface area contributed by atoms with Crippen LogP contribution in [0.3, 0.4) is 0 Å². The van der Waals surface area contributed by atoms with Crippen LogP contribution < -0.4 is 10.6 Å². The molecule has 6 nitrogen and oxygen atoms in total. The second-order valence-electron chi connectivity index (χ2n) is 7.83. The van der Waals surface area contributed by atoms with Gasteiger partial charge in [0.1, 0.15) is 6.54 Å². The van der Waals surface area contributed by atoms with Gasteiger partial charge >= 0.3 is 0 Å². The van der Waals surface area contributed by atoms with Crippen molar-refractivity contribution in [1.29, 1.82) is 0 Å². The average Bonchev–Trinajstić information content (AvgIpc) is 3.03. The quantitative estimate of drug-likeness (QED) is 0.531. The van der Waals surface area contributed by atoms with Gasteiger partial charge in [0.2, 0.25) is 11.9 Å². The second kappa shape index (κ2) is 9.09.